The lowest BCUT2D eigenvalue weighted by molar-refractivity contribution is -0.137. The first-order valence-electron chi connectivity index (χ1n) is 7.87. The lowest BCUT2D eigenvalue weighted by Gasteiger charge is -2.36. The van der Waals surface area contributed by atoms with Gasteiger partial charge in [-0.3, -0.25) is 9.59 Å². The van der Waals surface area contributed by atoms with Gasteiger partial charge in [-0.1, -0.05) is 13.0 Å². The molecule has 1 unspecified atom stereocenters. The minimum Gasteiger partial charge on any atom is -0.507 e. The van der Waals surface area contributed by atoms with Gasteiger partial charge in [-0.25, -0.2) is 0 Å². The maximum absolute atomic E-state index is 12.8. The van der Waals surface area contributed by atoms with Crippen LogP contribution in [0.1, 0.15) is 54.9 Å². The van der Waals surface area contributed by atoms with Gasteiger partial charge in [0.2, 0.25) is 0 Å². The van der Waals surface area contributed by atoms with Crippen LogP contribution < -0.4 is 0 Å². The Morgan fingerprint density at radius 1 is 1.32 bits per heavy atom. The molecule has 2 rings (SSSR count). The topological polar surface area (TPSA) is 77.8 Å². The van der Waals surface area contributed by atoms with E-state index in [-0.39, 0.29) is 24.1 Å². The molecule has 1 aliphatic rings. The van der Waals surface area contributed by atoms with Crippen molar-refractivity contribution in [3.8, 4) is 5.75 Å². The molecular formula is C17H23NO4. The van der Waals surface area contributed by atoms with Crippen LogP contribution in [0.15, 0.2) is 18.2 Å². The summed E-state index contributed by atoms with van der Waals surface area (Å²) in [4.78, 5) is 25.3. The van der Waals surface area contributed by atoms with Crippen LogP contribution in [-0.4, -0.2) is 39.6 Å². The van der Waals surface area contributed by atoms with E-state index in [9.17, 15) is 14.7 Å². The lowest BCUT2D eigenvalue weighted by Crippen LogP contribution is -2.44. The van der Waals surface area contributed by atoms with Crippen LogP contribution in [0, 0.1) is 0 Å². The standard InChI is InChI=1S/C17H23NO4/c1-2-12-6-8-15(19)14(11-12)17(22)18-10-4-3-5-13(18)7-9-16(20)21/h6,8,11,13,19H,2-5,7,9-10H2,1H3,(H,20,21). The Balaban J connectivity index is 2.19. The van der Waals surface area contributed by atoms with Crippen molar-refractivity contribution < 1.29 is 19.8 Å². The molecule has 2 N–H and O–H groups in total. The fourth-order valence-corrected chi connectivity index (χ4v) is 2.99. The van der Waals surface area contributed by atoms with Gasteiger partial charge in [0.25, 0.3) is 5.91 Å². The summed E-state index contributed by atoms with van der Waals surface area (Å²) in [6, 6.07) is 5.05. The number of phenolic OH excluding ortho intramolecular Hbond substituents is 1. The Bertz CT molecular complexity index is 556. The van der Waals surface area contributed by atoms with Crippen molar-refractivity contribution in [1.82, 2.24) is 4.90 Å². The summed E-state index contributed by atoms with van der Waals surface area (Å²) in [5, 5.41) is 18.8. The Kier molecular flexibility index (Phi) is 5.41. The van der Waals surface area contributed by atoms with Crippen molar-refractivity contribution in [3.63, 3.8) is 0 Å². The Morgan fingerprint density at radius 2 is 2.09 bits per heavy atom. The third-order valence-corrected chi connectivity index (χ3v) is 4.28. The van der Waals surface area contributed by atoms with Crippen LogP contribution in [0.2, 0.25) is 0 Å². The number of aryl methyl sites for hydroxylation is 1. The van der Waals surface area contributed by atoms with Gasteiger partial charge in [-0.15, -0.1) is 0 Å². The minimum atomic E-state index is -0.839. The van der Waals surface area contributed by atoms with Gasteiger partial charge in [0, 0.05) is 19.0 Å². The second-order valence-corrected chi connectivity index (χ2v) is 5.79. The number of carboxylic acid groups (broad SMARTS) is 1. The molecule has 120 valence electrons. The zero-order valence-electron chi connectivity index (χ0n) is 12.9. The van der Waals surface area contributed by atoms with Crippen LogP contribution in [0.3, 0.4) is 0 Å². The summed E-state index contributed by atoms with van der Waals surface area (Å²) in [7, 11) is 0. The first-order chi connectivity index (χ1) is 10.5. The van der Waals surface area contributed by atoms with Crippen molar-refractivity contribution in [3.05, 3.63) is 29.3 Å². The zero-order valence-corrected chi connectivity index (χ0v) is 12.9. The predicted molar refractivity (Wildman–Crippen MR) is 83.0 cm³/mol. The molecule has 1 heterocycles. The van der Waals surface area contributed by atoms with E-state index in [1.54, 1.807) is 17.0 Å². The number of likely N-dealkylation sites (tertiary alicyclic amines) is 1. The van der Waals surface area contributed by atoms with Gasteiger partial charge in [-0.05, 0) is 49.8 Å². The third-order valence-electron chi connectivity index (χ3n) is 4.28. The first kappa shape index (κ1) is 16.3. The van der Waals surface area contributed by atoms with Crippen LogP contribution in [0.25, 0.3) is 0 Å². The Labute approximate surface area is 130 Å². The van der Waals surface area contributed by atoms with Crippen molar-refractivity contribution >= 4 is 11.9 Å². The largest absolute Gasteiger partial charge is 0.507 e. The molecule has 22 heavy (non-hydrogen) atoms. The van der Waals surface area contributed by atoms with Crippen molar-refractivity contribution in [2.24, 2.45) is 0 Å². The van der Waals surface area contributed by atoms with Crippen LogP contribution in [0.4, 0.5) is 0 Å². The number of phenols is 1. The number of rotatable bonds is 5. The van der Waals surface area contributed by atoms with E-state index in [4.69, 9.17) is 5.11 Å². The number of amides is 1. The van der Waals surface area contributed by atoms with E-state index in [0.717, 1.165) is 31.2 Å². The van der Waals surface area contributed by atoms with Crippen molar-refractivity contribution in [1.29, 1.82) is 0 Å². The fraction of sp³-hybridized carbons (Fsp3) is 0.529. The number of piperidine rings is 1. The number of hydrogen-bond acceptors (Lipinski definition) is 3. The molecule has 1 aromatic rings. The second kappa shape index (κ2) is 7.29. The molecule has 0 aromatic heterocycles. The highest BCUT2D eigenvalue weighted by molar-refractivity contribution is 5.97. The third kappa shape index (κ3) is 3.78. The zero-order chi connectivity index (χ0) is 16.1. The van der Waals surface area contributed by atoms with Gasteiger partial charge in [0.15, 0.2) is 0 Å². The highest BCUT2D eigenvalue weighted by Gasteiger charge is 2.29. The molecule has 0 bridgehead atoms. The number of benzene rings is 1. The van der Waals surface area contributed by atoms with Gasteiger partial charge in [0.05, 0.1) is 5.56 Å². The molecule has 1 aromatic carbocycles. The molecule has 0 aliphatic carbocycles. The number of aliphatic carboxylic acids is 1. The van der Waals surface area contributed by atoms with Gasteiger partial charge in [-0.2, -0.15) is 0 Å². The summed E-state index contributed by atoms with van der Waals surface area (Å²) in [6.07, 6.45) is 4.08. The van der Waals surface area contributed by atoms with Crippen molar-refractivity contribution in [2.75, 3.05) is 6.54 Å². The normalized spacial score (nSPS) is 18.2. The second-order valence-electron chi connectivity index (χ2n) is 5.79. The monoisotopic (exact) mass is 305 g/mol. The Hall–Kier alpha value is -2.04. The molecule has 1 saturated heterocycles. The predicted octanol–water partition coefficient (Wildman–Crippen LogP) is 2.81. The van der Waals surface area contributed by atoms with Crippen LogP contribution >= 0.6 is 0 Å². The highest BCUT2D eigenvalue weighted by atomic mass is 16.4. The molecule has 1 amide bonds. The maximum atomic E-state index is 12.8. The highest BCUT2D eigenvalue weighted by Crippen LogP contribution is 2.27. The quantitative estimate of drug-likeness (QED) is 0.877. The van der Waals surface area contributed by atoms with Crippen LogP contribution in [-0.2, 0) is 11.2 Å². The average Bonchev–Trinajstić information content (AvgIpc) is 2.53. The van der Waals surface area contributed by atoms with E-state index in [2.05, 4.69) is 0 Å². The van der Waals surface area contributed by atoms with E-state index in [0.29, 0.717) is 18.5 Å². The molecule has 5 heteroatoms. The maximum Gasteiger partial charge on any atom is 0.303 e. The molecule has 1 fully saturated rings. The van der Waals surface area contributed by atoms with E-state index in [1.807, 2.05) is 13.0 Å². The van der Waals surface area contributed by atoms with E-state index >= 15 is 0 Å². The summed E-state index contributed by atoms with van der Waals surface area (Å²) >= 11 is 0. The fourth-order valence-electron chi connectivity index (χ4n) is 2.99. The van der Waals surface area contributed by atoms with Crippen LogP contribution in [0.5, 0.6) is 5.75 Å². The number of hydrogen-bond donors (Lipinski definition) is 2. The molecule has 0 radical (unpaired) electrons. The number of nitrogens with zero attached hydrogens (tertiary/aromatic N) is 1. The average molecular weight is 305 g/mol. The van der Waals surface area contributed by atoms with Gasteiger partial charge >= 0.3 is 5.97 Å². The molecule has 5 nitrogen and oxygen atoms in total. The SMILES string of the molecule is CCc1ccc(O)c(C(=O)N2CCCCC2CCC(=O)O)c1. The van der Waals surface area contributed by atoms with E-state index in [1.165, 1.54) is 0 Å². The number of carbonyl (C=O) groups excluding carboxylic acids is 1. The van der Waals surface area contributed by atoms with Gasteiger partial charge in [0.1, 0.15) is 5.75 Å². The summed E-state index contributed by atoms with van der Waals surface area (Å²) in [5.74, 6) is -1.04. The molecule has 1 atom stereocenters. The number of carboxylic acids is 1. The summed E-state index contributed by atoms with van der Waals surface area (Å²) in [5.41, 5.74) is 1.32. The van der Waals surface area contributed by atoms with E-state index < -0.39 is 5.97 Å². The minimum absolute atomic E-state index is 0.00948. The molecule has 1 aliphatic heterocycles. The first-order valence-corrected chi connectivity index (χ1v) is 7.87. The summed E-state index contributed by atoms with van der Waals surface area (Å²) in [6.45, 7) is 2.62. The number of carbonyl (C=O) groups is 2. The lowest BCUT2D eigenvalue weighted by atomic mass is 9.96. The van der Waals surface area contributed by atoms with Gasteiger partial charge < -0.3 is 15.1 Å². The molecular weight excluding hydrogens is 282 g/mol. The smallest absolute Gasteiger partial charge is 0.303 e. The Morgan fingerprint density at radius 3 is 2.77 bits per heavy atom. The summed E-state index contributed by atoms with van der Waals surface area (Å²) < 4.78 is 0. The van der Waals surface area contributed by atoms with Crippen molar-refractivity contribution in [2.45, 2.75) is 51.5 Å². The molecule has 0 spiro atoms. The number of aromatic hydroxyl groups is 1. The molecule has 0 saturated carbocycles.